The zero-order valence-electron chi connectivity index (χ0n) is 42.4. The van der Waals surface area contributed by atoms with Crippen LogP contribution in [0.25, 0.3) is 27.2 Å². The topological polar surface area (TPSA) is 159 Å². The molecule has 15 nitrogen and oxygen atoms in total. The molecule has 6 aromatic rings. The average Bonchev–Trinajstić information content (AvgIpc) is 4.21. The van der Waals surface area contributed by atoms with E-state index in [4.69, 9.17) is 9.84 Å². The maximum atomic E-state index is 15.7. The Labute approximate surface area is 428 Å². The molecule has 0 saturated carbocycles. The standard InChI is InChI=1S/C55H64F2N10O5S/c1-32(35-11-13-36(14-12-35)49-33(2)59-31-73-49)60-53(70)45-10-8-20-66(45)54(71)50(55(4,5)6)61-48(69)26-38-29-64-22-18-58-47(64)28-40(38)41-25-37-9-7-19-65(46(37)27-42(41)51(56)57)52-43-30-63(34(3)68)21-15-44(43)67(62-52)39-16-23-72-24-17-39/h11-14,18,22,25,27-29,31-32,39,45,50-51H,7-10,15-17,19-21,23-24,26,30H2,1-6H3,(H,60,70)(H,61,69)/t32-,45-,50+/m0/s1. The molecule has 2 N–H and O–H groups in total. The number of carbonyl (C=O) groups is 4. The summed E-state index contributed by atoms with van der Waals surface area (Å²) < 4.78 is 41.0. The number of anilines is 2. The SMILES string of the molecule is CC(=O)N1CCc2c(c(N3CCCc4cc(-c5cc6nccn6cc5CC(=O)N[C@H](C(=O)N5CCC[C@H]5C(=O)N[C@@H](C)c5ccc(-c6scnc6C)cc5)C(C)(C)C)c(C(F)F)cc43)nn2C2CCOCC2)C1. The van der Waals surface area contributed by atoms with E-state index >= 15 is 8.78 Å². The Hall–Kier alpha value is -6.53. The molecule has 8 heterocycles. The van der Waals surface area contributed by atoms with Gasteiger partial charge in [0.05, 0.1) is 41.1 Å². The zero-order valence-corrected chi connectivity index (χ0v) is 43.2. The molecule has 0 spiro atoms. The number of pyridine rings is 1. The van der Waals surface area contributed by atoms with Gasteiger partial charge < -0.3 is 34.5 Å². The van der Waals surface area contributed by atoms with E-state index in [1.54, 1.807) is 58.3 Å². The van der Waals surface area contributed by atoms with Gasteiger partial charge in [-0.2, -0.15) is 5.10 Å². The highest BCUT2D eigenvalue weighted by Crippen LogP contribution is 2.45. The van der Waals surface area contributed by atoms with Crippen molar-refractivity contribution in [3.8, 4) is 21.6 Å². The maximum Gasteiger partial charge on any atom is 0.264 e. The van der Waals surface area contributed by atoms with Gasteiger partial charge in [-0.1, -0.05) is 45.0 Å². The van der Waals surface area contributed by atoms with Crippen LogP contribution in [0.5, 0.6) is 0 Å². The summed E-state index contributed by atoms with van der Waals surface area (Å²) >= 11 is 1.58. The third kappa shape index (κ3) is 9.99. The third-order valence-electron chi connectivity index (χ3n) is 15.2. The molecule has 10 rings (SSSR count). The summed E-state index contributed by atoms with van der Waals surface area (Å²) in [4.78, 5) is 71.2. The van der Waals surface area contributed by atoms with Gasteiger partial charge in [0.15, 0.2) is 5.82 Å². The first kappa shape index (κ1) is 50.0. The molecule has 384 valence electrons. The third-order valence-corrected chi connectivity index (χ3v) is 16.2. The van der Waals surface area contributed by atoms with Crippen LogP contribution in [0.15, 0.2) is 66.6 Å². The lowest BCUT2D eigenvalue weighted by atomic mass is 9.85. The lowest BCUT2D eigenvalue weighted by Gasteiger charge is -2.35. The smallest absolute Gasteiger partial charge is 0.264 e. The van der Waals surface area contributed by atoms with Gasteiger partial charge in [-0.15, -0.1) is 11.3 Å². The number of alkyl halides is 2. The number of rotatable bonds is 12. The summed E-state index contributed by atoms with van der Waals surface area (Å²) in [6.07, 6.45) is 6.79. The van der Waals surface area contributed by atoms with Gasteiger partial charge in [-0.05, 0) is 109 Å². The van der Waals surface area contributed by atoms with E-state index in [1.165, 1.54) is 0 Å². The van der Waals surface area contributed by atoms with Gasteiger partial charge in [0.1, 0.15) is 17.7 Å². The molecule has 3 atom stereocenters. The fourth-order valence-corrected chi connectivity index (χ4v) is 12.0. The van der Waals surface area contributed by atoms with Crippen molar-refractivity contribution in [1.29, 1.82) is 0 Å². The number of nitrogens with one attached hydrogen (secondary N) is 2. The molecule has 0 unspecified atom stereocenters. The highest BCUT2D eigenvalue weighted by atomic mass is 32.1. The molecule has 73 heavy (non-hydrogen) atoms. The number of ether oxygens (including phenoxy) is 1. The molecule has 0 aliphatic carbocycles. The minimum absolute atomic E-state index is 0.0228. The van der Waals surface area contributed by atoms with Crippen LogP contribution in [0.2, 0.25) is 0 Å². The summed E-state index contributed by atoms with van der Waals surface area (Å²) in [5.74, 6) is -0.407. The number of amides is 4. The molecule has 4 amide bonds. The Morgan fingerprint density at radius 2 is 1.71 bits per heavy atom. The normalized spacial score (nSPS) is 18.2. The molecule has 4 aliphatic heterocycles. The molecule has 2 fully saturated rings. The van der Waals surface area contributed by atoms with Crippen LogP contribution in [0.3, 0.4) is 0 Å². The molecular weight excluding hydrogens is 951 g/mol. The second kappa shape index (κ2) is 20.4. The number of imidazole rings is 1. The van der Waals surface area contributed by atoms with Crippen LogP contribution in [0.4, 0.5) is 20.3 Å². The lowest BCUT2D eigenvalue weighted by Crippen LogP contribution is -2.58. The molecule has 0 radical (unpaired) electrons. The Bertz CT molecular complexity index is 3060. The molecule has 18 heteroatoms. The number of nitrogens with zero attached hydrogens (tertiary/aromatic N) is 8. The number of hydrogen-bond donors (Lipinski definition) is 2. The minimum Gasteiger partial charge on any atom is -0.381 e. The van der Waals surface area contributed by atoms with Gasteiger partial charge in [-0.25, -0.2) is 18.7 Å². The van der Waals surface area contributed by atoms with Crippen LogP contribution in [-0.2, 0) is 49.7 Å². The first-order valence-corrected chi connectivity index (χ1v) is 26.4. The lowest BCUT2D eigenvalue weighted by molar-refractivity contribution is -0.144. The molecule has 4 aliphatic rings. The second-order valence-electron chi connectivity index (χ2n) is 21.1. The van der Waals surface area contributed by atoms with E-state index < -0.39 is 29.8 Å². The molecule has 2 aromatic carbocycles. The van der Waals surface area contributed by atoms with Crippen LogP contribution >= 0.6 is 11.3 Å². The van der Waals surface area contributed by atoms with Crippen molar-refractivity contribution in [3.05, 3.63) is 106 Å². The number of carbonyl (C=O) groups excluding carboxylic acids is 4. The second-order valence-corrected chi connectivity index (χ2v) is 22.0. The van der Waals surface area contributed by atoms with Gasteiger partial charge in [0, 0.05) is 87.3 Å². The average molecular weight is 1020 g/mol. The van der Waals surface area contributed by atoms with Crippen LogP contribution < -0.4 is 15.5 Å². The van der Waals surface area contributed by atoms with E-state index in [2.05, 4.69) is 30.2 Å². The van der Waals surface area contributed by atoms with Gasteiger partial charge in [0.25, 0.3) is 6.43 Å². The van der Waals surface area contributed by atoms with Crippen LogP contribution in [0, 0.1) is 12.3 Å². The highest BCUT2D eigenvalue weighted by molar-refractivity contribution is 7.13. The van der Waals surface area contributed by atoms with Crippen LogP contribution in [0.1, 0.15) is 124 Å². The number of benzene rings is 2. The van der Waals surface area contributed by atoms with Crippen molar-refractivity contribution in [3.63, 3.8) is 0 Å². The summed E-state index contributed by atoms with van der Waals surface area (Å²) in [5.41, 5.74) is 9.14. The quantitative estimate of drug-likeness (QED) is 0.122. The van der Waals surface area contributed by atoms with Crippen molar-refractivity contribution in [1.82, 2.24) is 44.6 Å². The molecule has 4 aromatic heterocycles. The van der Waals surface area contributed by atoms with Gasteiger partial charge in [0.2, 0.25) is 23.6 Å². The first-order valence-electron chi connectivity index (χ1n) is 25.6. The van der Waals surface area contributed by atoms with E-state index in [0.717, 1.165) is 57.8 Å². The predicted molar refractivity (Wildman–Crippen MR) is 276 cm³/mol. The number of fused-ring (bicyclic) bond motifs is 3. The van der Waals surface area contributed by atoms with Crippen molar-refractivity contribution in [2.24, 2.45) is 5.41 Å². The van der Waals surface area contributed by atoms with E-state index in [0.29, 0.717) is 98.9 Å². The Morgan fingerprint density at radius 3 is 2.42 bits per heavy atom. The Kier molecular flexibility index (Phi) is 14.0. The first-order chi connectivity index (χ1) is 35.0. The number of aromatic nitrogens is 5. The van der Waals surface area contributed by atoms with Crippen molar-refractivity contribution < 1.29 is 32.7 Å². The number of hydrogen-bond acceptors (Lipinski definition) is 10. The molecule has 2 saturated heterocycles. The summed E-state index contributed by atoms with van der Waals surface area (Å²) in [6, 6.07) is 11.3. The van der Waals surface area contributed by atoms with Gasteiger partial charge >= 0.3 is 0 Å². The summed E-state index contributed by atoms with van der Waals surface area (Å²) in [7, 11) is 0. The number of halogens is 2. The minimum atomic E-state index is -2.88. The van der Waals surface area contributed by atoms with Crippen molar-refractivity contribution in [2.75, 3.05) is 37.7 Å². The summed E-state index contributed by atoms with van der Waals surface area (Å²) in [5, 5.41) is 11.4. The predicted octanol–water partition coefficient (Wildman–Crippen LogP) is 8.85. The van der Waals surface area contributed by atoms with E-state index in [9.17, 15) is 19.2 Å². The van der Waals surface area contributed by atoms with Gasteiger partial charge in [-0.3, -0.25) is 23.9 Å². The molecular formula is C55H64F2N10O5S. The Morgan fingerprint density at radius 1 is 0.932 bits per heavy atom. The van der Waals surface area contributed by atoms with E-state index in [1.807, 2.05) is 75.4 Å². The Balaban J connectivity index is 0.911. The zero-order chi connectivity index (χ0) is 51.3. The van der Waals surface area contributed by atoms with Crippen molar-refractivity contribution in [2.45, 2.75) is 130 Å². The van der Waals surface area contributed by atoms with E-state index in [-0.39, 0.29) is 41.8 Å². The van der Waals surface area contributed by atoms with Crippen LogP contribution in [-0.4, -0.2) is 103 Å². The maximum absolute atomic E-state index is 15.7. The monoisotopic (exact) mass is 1010 g/mol. The highest BCUT2D eigenvalue weighted by Gasteiger charge is 2.42. The number of thiazole rings is 1. The number of likely N-dealkylation sites (tertiary alicyclic amines) is 1. The molecule has 0 bridgehead atoms. The summed E-state index contributed by atoms with van der Waals surface area (Å²) in [6.45, 7) is 14.3. The fourth-order valence-electron chi connectivity index (χ4n) is 11.2. The largest absolute Gasteiger partial charge is 0.381 e. The van der Waals surface area contributed by atoms with Crippen molar-refractivity contribution >= 4 is 52.1 Å². The number of aryl methyl sites for hydroxylation is 2. The fraction of sp³-hybridized carbons (Fsp3) is 0.473.